The molecule has 6 nitrogen and oxygen atoms in total. The highest BCUT2D eigenvalue weighted by Crippen LogP contribution is 2.21. The lowest BCUT2D eigenvalue weighted by Crippen LogP contribution is -2.33. The summed E-state index contributed by atoms with van der Waals surface area (Å²) in [5, 5.41) is 6.17. The van der Waals surface area contributed by atoms with Gasteiger partial charge >= 0.3 is 0 Å². The third kappa shape index (κ3) is 4.10. The number of anilines is 1. The first-order valence-electron chi connectivity index (χ1n) is 8.08. The maximum absolute atomic E-state index is 12.2. The van der Waals surface area contributed by atoms with Crippen LogP contribution in [0.4, 0.5) is 5.69 Å². The van der Waals surface area contributed by atoms with E-state index in [9.17, 15) is 4.79 Å². The SMILES string of the molecule is CCOc1ccc(C(=O)Nc2ccc([C@H]3CNCCO3)cc2)cn1. The van der Waals surface area contributed by atoms with Gasteiger partial charge < -0.3 is 20.1 Å². The number of benzene rings is 1. The lowest BCUT2D eigenvalue weighted by molar-refractivity contribution is 0.0277. The molecule has 0 saturated carbocycles. The molecule has 1 saturated heterocycles. The summed E-state index contributed by atoms with van der Waals surface area (Å²) in [6.07, 6.45) is 1.58. The second-order valence-electron chi connectivity index (χ2n) is 5.46. The quantitative estimate of drug-likeness (QED) is 0.882. The molecule has 0 unspecified atom stereocenters. The lowest BCUT2D eigenvalue weighted by atomic mass is 10.1. The van der Waals surface area contributed by atoms with Crippen molar-refractivity contribution in [2.45, 2.75) is 13.0 Å². The largest absolute Gasteiger partial charge is 0.478 e. The zero-order chi connectivity index (χ0) is 16.8. The second kappa shape index (κ2) is 7.90. The van der Waals surface area contributed by atoms with Gasteiger partial charge in [-0.3, -0.25) is 4.79 Å². The Hall–Kier alpha value is -2.44. The molecule has 1 aliphatic heterocycles. The molecule has 1 aromatic heterocycles. The number of nitrogens with zero attached hydrogens (tertiary/aromatic N) is 1. The van der Waals surface area contributed by atoms with Gasteiger partial charge in [0, 0.05) is 31.0 Å². The van der Waals surface area contributed by atoms with E-state index in [2.05, 4.69) is 15.6 Å². The summed E-state index contributed by atoms with van der Waals surface area (Å²) in [7, 11) is 0. The molecule has 2 aromatic rings. The maximum atomic E-state index is 12.2. The van der Waals surface area contributed by atoms with Crippen LogP contribution in [0.15, 0.2) is 42.6 Å². The first-order valence-corrected chi connectivity index (χ1v) is 8.08. The van der Waals surface area contributed by atoms with E-state index in [1.165, 1.54) is 6.20 Å². The fourth-order valence-electron chi connectivity index (χ4n) is 2.51. The Labute approximate surface area is 141 Å². The molecule has 3 rings (SSSR count). The van der Waals surface area contributed by atoms with Gasteiger partial charge in [0.15, 0.2) is 0 Å². The van der Waals surface area contributed by atoms with Gasteiger partial charge in [0.2, 0.25) is 5.88 Å². The first kappa shape index (κ1) is 16.4. The average Bonchev–Trinajstić information content (AvgIpc) is 2.64. The number of pyridine rings is 1. The van der Waals surface area contributed by atoms with Crippen molar-refractivity contribution in [1.29, 1.82) is 0 Å². The van der Waals surface area contributed by atoms with Crippen molar-refractivity contribution in [2.24, 2.45) is 0 Å². The van der Waals surface area contributed by atoms with Gasteiger partial charge in [0.1, 0.15) is 0 Å². The number of hydrogen-bond donors (Lipinski definition) is 2. The standard InChI is InChI=1S/C18H21N3O3/c1-2-23-17-8-5-14(11-20-17)18(22)21-15-6-3-13(4-7-15)16-12-19-9-10-24-16/h3-8,11,16,19H,2,9-10,12H2,1H3,(H,21,22)/t16-/m1/s1. The highest BCUT2D eigenvalue weighted by molar-refractivity contribution is 6.04. The van der Waals surface area contributed by atoms with Gasteiger partial charge in [-0.15, -0.1) is 0 Å². The fourth-order valence-corrected chi connectivity index (χ4v) is 2.51. The Kier molecular flexibility index (Phi) is 5.40. The fraction of sp³-hybridized carbons (Fsp3) is 0.333. The van der Waals surface area contributed by atoms with E-state index in [-0.39, 0.29) is 12.0 Å². The molecule has 126 valence electrons. The van der Waals surface area contributed by atoms with Crippen molar-refractivity contribution < 1.29 is 14.3 Å². The minimum absolute atomic E-state index is 0.0683. The van der Waals surface area contributed by atoms with Crippen molar-refractivity contribution >= 4 is 11.6 Å². The summed E-state index contributed by atoms with van der Waals surface area (Å²) >= 11 is 0. The van der Waals surface area contributed by atoms with E-state index in [1.807, 2.05) is 31.2 Å². The zero-order valence-corrected chi connectivity index (χ0v) is 13.6. The van der Waals surface area contributed by atoms with Gasteiger partial charge in [-0.25, -0.2) is 4.98 Å². The Balaban J connectivity index is 1.61. The first-order chi connectivity index (χ1) is 11.8. The topological polar surface area (TPSA) is 72.5 Å². The van der Waals surface area contributed by atoms with E-state index in [0.29, 0.717) is 24.7 Å². The number of rotatable bonds is 5. The van der Waals surface area contributed by atoms with Crippen LogP contribution in [0, 0.1) is 0 Å². The summed E-state index contributed by atoms with van der Waals surface area (Å²) in [4.78, 5) is 16.3. The lowest BCUT2D eigenvalue weighted by Gasteiger charge is -2.24. The van der Waals surface area contributed by atoms with Crippen LogP contribution in [0.1, 0.15) is 28.9 Å². The molecule has 1 fully saturated rings. The molecule has 1 aromatic carbocycles. The summed E-state index contributed by atoms with van der Waals surface area (Å²) in [5.74, 6) is 0.313. The van der Waals surface area contributed by atoms with Gasteiger partial charge in [-0.2, -0.15) is 0 Å². The summed E-state index contributed by atoms with van der Waals surface area (Å²) in [6, 6.07) is 11.1. The van der Waals surface area contributed by atoms with Crippen molar-refractivity contribution in [2.75, 3.05) is 31.6 Å². The number of ether oxygens (including phenoxy) is 2. The third-order valence-corrected chi connectivity index (χ3v) is 3.76. The molecule has 2 heterocycles. The molecule has 0 aliphatic carbocycles. The predicted octanol–water partition coefficient (Wildman–Crippen LogP) is 2.39. The Morgan fingerprint density at radius 2 is 2.17 bits per heavy atom. The Morgan fingerprint density at radius 1 is 1.33 bits per heavy atom. The minimum atomic E-state index is -0.200. The Bertz CT molecular complexity index is 665. The zero-order valence-electron chi connectivity index (χ0n) is 13.6. The van der Waals surface area contributed by atoms with Crippen LogP contribution >= 0.6 is 0 Å². The number of nitrogens with one attached hydrogen (secondary N) is 2. The van der Waals surface area contributed by atoms with Crippen molar-refractivity contribution in [3.8, 4) is 5.88 Å². The number of morpholine rings is 1. The van der Waals surface area contributed by atoms with Gasteiger partial charge in [0.25, 0.3) is 5.91 Å². The van der Waals surface area contributed by atoms with Crippen LogP contribution in [-0.2, 0) is 4.74 Å². The van der Waals surface area contributed by atoms with Crippen LogP contribution < -0.4 is 15.4 Å². The number of amides is 1. The summed E-state index contributed by atoms with van der Waals surface area (Å²) in [6.45, 7) is 4.85. The molecule has 1 aliphatic rings. The van der Waals surface area contributed by atoms with Gasteiger partial charge in [-0.05, 0) is 30.7 Å². The van der Waals surface area contributed by atoms with Gasteiger partial charge in [0.05, 0.1) is 24.9 Å². The van der Waals surface area contributed by atoms with Crippen molar-refractivity contribution in [3.63, 3.8) is 0 Å². The highest BCUT2D eigenvalue weighted by Gasteiger charge is 2.15. The van der Waals surface area contributed by atoms with Crippen LogP contribution in [0.25, 0.3) is 0 Å². The smallest absolute Gasteiger partial charge is 0.257 e. The summed E-state index contributed by atoms with van der Waals surface area (Å²) in [5.41, 5.74) is 2.33. The van der Waals surface area contributed by atoms with Crippen molar-refractivity contribution in [3.05, 3.63) is 53.7 Å². The molecular formula is C18H21N3O3. The number of aromatic nitrogens is 1. The maximum Gasteiger partial charge on any atom is 0.257 e. The molecule has 1 amide bonds. The van der Waals surface area contributed by atoms with E-state index >= 15 is 0 Å². The van der Waals surface area contributed by atoms with Crippen LogP contribution in [0.3, 0.4) is 0 Å². The Morgan fingerprint density at radius 3 is 2.79 bits per heavy atom. The minimum Gasteiger partial charge on any atom is -0.478 e. The normalized spacial score (nSPS) is 17.3. The molecule has 24 heavy (non-hydrogen) atoms. The van der Waals surface area contributed by atoms with Crippen LogP contribution in [0.5, 0.6) is 5.88 Å². The van der Waals surface area contributed by atoms with E-state index in [1.54, 1.807) is 12.1 Å². The molecule has 6 heteroatoms. The van der Waals surface area contributed by atoms with E-state index in [0.717, 1.165) is 24.3 Å². The molecule has 1 atom stereocenters. The number of carbonyl (C=O) groups excluding carboxylic acids is 1. The van der Waals surface area contributed by atoms with Crippen molar-refractivity contribution in [1.82, 2.24) is 10.3 Å². The second-order valence-corrected chi connectivity index (χ2v) is 5.46. The monoisotopic (exact) mass is 327 g/mol. The van der Waals surface area contributed by atoms with Crippen LogP contribution in [-0.4, -0.2) is 37.2 Å². The molecule has 2 N–H and O–H groups in total. The average molecular weight is 327 g/mol. The van der Waals surface area contributed by atoms with Gasteiger partial charge in [-0.1, -0.05) is 12.1 Å². The summed E-state index contributed by atoms with van der Waals surface area (Å²) < 4.78 is 11.0. The molecule has 0 radical (unpaired) electrons. The van der Waals surface area contributed by atoms with Crippen LogP contribution in [0.2, 0.25) is 0 Å². The number of hydrogen-bond acceptors (Lipinski definition) is 5. The molecular weight excluding hydrogens is 306 g/mol. The predicted molar refractivity (Wildman–Crippen MR) is 91.4 cm³/mol. The van der Waals surface area contributed by atoms with E-state index in [4.69, 9.17) is 9.47 Å². The molecule has 0 spiro atoms. The highest BCUT2D eigenvalue weighted by atomic mass is 16.5. The number of carbonyl (C=O) groups is 1. The molecule has 0 bridgehead atoms. The third-order valence-electron chi connectivity index (χ3n) is 3.76. The van der Waals surface area contributed by atoms with E-state index < -0.39 is 0 Å².